The number of aromatic nitrogens is 2. The van der Waals surface area contributed by atoms with E-state index in [0.717, 1.165) is 5.56 Å². The Morgan fingerprint density at radius 1 is 1.25 bits per heavy atom. The number of methoxy groups -OCH3 is 2. The lowest BCUT2D eigenvalue weighted by Crippen LogP contribution is -2.05. The first-order valence-electron chi connectivity index (χ1n) is 5.90. The molecule has 6 nitrogen and oxygen atoms in total. The zero-order valence-corrected chi connectivity index (χ0v) is 11.2. The van der Waals surface area contributed by atoms with Gasteiger partial charge in [0.2, 0.25) is 0 Å². The van der Waals surface area contributed by atoms with E-state index in [1.54, 1.807) is 26.4 Å². The molecule has 2 rings (SSSR count). The van der Waals surface area contributed by atoms with E-state index in [-0.39, 0.29) is 5.69 Å². The maximum absolute atomic E-state index is 10.9. The van der Waals surface area contributed by atoms with Crippen LogP contribution in [-0.4, -0.2) is 35.3 Å². The van der Waals surface area contributed by atoms with Crippen molar-refractivity contribution in [1.29, 1.82) is 0 Å². The van der Waals surface area contributed by atoms with Crippen molar-refractivity contribution < 1.29 is 19.4 Å². The molecule has 0 amide bonds. The maximum Gasteiger partial charge on any atom is 0.354 e. The maximum atomic E-state index is 10.9. The fraction of sp³-hybridized carbons (Fsp3) is 0.214. The molecule has 0 saturated carbocycles. The molecule has 0 unspecified atom stereocenters. The summed E-state index contributed by atoms with van der Waals surface area (Å²) in [6, 6.07) is 6.75. The third-order valence-corrected chi connectivity index (χ3v) is 2.76. The molecule has 20 heavy (non-hydrogen) atoms. The van der Waals surface area contributed by atoms with E-state index in [2.05, 4.69) is 9.97 Å². The van der Waals surface area contributed by atoms with E-state index in [1.807, 2.05) is 6.07 Å². The second-order valence-corrected chi connectivity index (χ2v) is 4.02. The van der Waals surface area contributed by atoms with Crippen LogP contribution < -0.4 is 9.47 Å². The summed E-state index contributed by atoms with van der Waals surface area (Å²) in [5.41, 5.74) is 0.797. The van der Waals surface area contributed by atoms with Crippen LogP contribution >= 0.6 is 0 Å². The fourth-order valence-electron chi connectivity index (χ4n) is 1.79. The molecule has 6 heteroatoms. The third kappa shape index (κ3) is 3.03. The molecule has 0 aliphatic heterocycles. The highest BCUT2D eigenvalue weighted by Gasteiger charge is 2.10. The summed E-state index contributed by atoms with van der Waals surface area (Å²) < 4.78 is 10.4. The Morgan fingerprint density at radius 2 is 2.05 bits per heavy atom. The van der Waals surface area contributed by atoms with Crippen molar-refractivity contribution >= 4 is 5.97 Å². The third-order valence-electron chi connectivity index (χ3n) is 2.76. The van der Waals surface area contributed by atoms with Crippen molar-refractivity contribution in [3.05, 3.63) is 47.5 Å². The molecule has 0 aliphatic rings. The van der Waals surface area contributed by atoms with Gasteiger partial charge >= 0.3 is 5.97 Å². The predicted molar refractivity (Wildman–Crippen MR) is 71.3 cm³/mol. The van der Waals surface area contributed by atoms with Gasteiger partial charge in [0.1, 0.15) is 17.3 Å². The molecular formula is C14H14N2O4. The smallest absolute Gasteiger partial charge is 0.354 e. The number of nitrogens with zero attached hydrogens (tertiary/aromatic N) is 2. The topological polar surface area (TPSA) is 81.5 Å². The molecule has 104 valence electrons. The molecule has 0 saturated heterocycles. The van der Waals surface area contributed by atoms with E-state index in [4.69, 9.17) is 14.6 Å². The molecule has 0 bridgehead atoms. The van der Waals surface area contributed by atoms with Crippen LogP contribution in [0.15, 0.2) is 30.5 Å². The number of benzene rings is 1. The van der Waals surface area contributed by atoms with E-state index >= 15 is 0 Å². The Kier molecular flexibility index (Phi) is 4.14. The van der Waals surface area contributed by atoms with Crippen molar-refractivity contribution in [2.24, 2.45) is 0 Å². The molecule has 1 N–H and O–H groups in total. The van der Waals surface area contributed by atoms with Crippen LogP contribution in [0, 0.1) is 0 Å². The second-order valence-electron chi connectivity index (χ2n) is 4.02. The summed E-state index contributed by atoms with van der Waals surface area (Å²) >= 11 is 0. The summed E-state index contributed by atoms with van der Waals surface area (Å²) in [7, 11) is 3.15. The Balaban J connectivity index is 2.33. The largest absolute Gasteiger partial charge is 0.497 e. The second kappa shape index (κ2) is 6.01. The standard InChI is InChI=1S/C14H14N2O4/c1-19-10-3-4-12(20-2)9(7-10)8-13-15-6-5-11(16-13)14(17)18/h3-7H,8H2,1-2H3,(H,17,18). The molecule has 1 aromatic heterocycles. The minimum absolute atomic E-state index is 0.0307. The summed E-state index contributed by atoms with van der Waals surface area (Å²) in [4.78, 5) is 19.0. The van der Waals surface area contributed by atoms with Gasteiger partial charge in [0.05, 0.1) is 14.2 Å². The van der Waals surface area contributed by atoms with Crippen LogP contribution in [0.3, 0.4) is 0 Å². The first-order valence-corrected chi connectivity index (χ1v) is 5.90. The lowest BCUT2D eigenvalue weighted by atomic mass is 10.1. The van der Waals surface area contributed by atoms with Crippen molar-refractivity contribution in [2.45, 2.75) is 6.42 Å². The zero-order chi connectivity index (χ0) is 14.5. The van der Waals surface area contributed by atoms with Crippen LogP contribution in [0.2, 0.25) is 0 Å². The number of carboxylic acid groups (broad SMARTS) is 1. The average molecular weight is 274 g/mol. The predicted octanol–water partition coefficient (Wildman–Crippen LogP) is 1.78. The molecule has 0 fully saturated rings. The van der Waals surface area contributed by atoms with Crippen LogP contribution in [0.5, 0.6) is 11.5 Å². The van der Waals surface area contributed by atoms with Crippen molar-refractivity contribution in [1.82, 2.24) is 9.97 Å². The van der Waals surface area contributed by atoms with Gasteiger partial charge in [0.15, 0.2) is 5.69 Å². The molecule has 2 aromatic rings. The summed E-state index contributed by atoms with van der Waals surface area (Å²) in [5.74, 6) is 0.702. The number of aromatic carboxylic acids is 1. The first kappa shape index (κ1) is 13.8. The Hall–Kier alpha value is -2.63. The van der Waals surface area contributed by atoms with Gasteiger partial charge in [-0.3, -0.25) is 0 Å². The minimum atomic E-state index is -1.08. The van der Waals surface area contributed by atoms with E-state index in [0.29, 0.717) is 23.7 Å². The van der Waals surface area contributed by atoms with Crippen LogP contribution in [0.1, 0.15) is 21.9 Å². The van der Waals surface area contributed by atoms with Crippen molar-refractivity contribution in [2.75, 3.05) is 14.2 Å². The summed E-state index contributed by atoms with van der Waals surface area (Å²) in [6.07, 6.45) is 1.79. The van der Waals surface area contributed by atoms with Gasteiger partial charge in [0, 0.05) is 18.2 Å². The molecule has 1 aromatic carbocycles. The van der Waals surface area contributed by atoms with Crippen LogP contribution in [0.4, 0.5) is 0 Å². The highest BCUT2D eigenvalue weighted by Crippen LogP contribution is 2.25. The molecule has 0 atom stereocenters. The number of carbonyl (C=O) groups is 1. The van der Waals surface area contributed by atoms with E-state index < -0.39 is 5.97 Å². The van der Waals surface area contributed by atoms with Gasteiger partial charge in [-0.15, -0.1) is 0 Å². The summed E-state index contributed by atoms with van der Waals surface area (Å²) in [6.45, 7) is 0. The van der Waals surface area contributed by atoms with Crippen molar-refractivity contribution in [3.63, 3.8) is 0 Å². The Bertz CT molecular complexity index is 628. The van der Waals surface area contributed by atoms with Gasteiger partial charge in [-0.25, -0.2) is 14.8 Å². The molecular weight excluding hydrogens is 260 g/mol. The van der Waals surface area contributed by atoms with E-state index in [9.17, 15) is 4.79 Å². The van der Waals surface area contributed by atoms with Crippen molar-refractivity contribution in [3.8, 4) is 11.5 Å². The number of rotatable bonds is 5. The van der Waals surface area contributed by atoms with E-state index in [1.165, 1.54) is 12.3 Å². The normalized spacial score (nSPS) is 10.1. The van der Waals surface area contributed by atoms with Gasteiger partial charge in [0.25, 0.3) is 0 Å². The monoisotopic (exact) mass is 274 g/mol. The number of ether oxygens (including phenoxy) is 2. The lowest BCUT2D eigenvalue weighted by molar-refractivity contribution is 0.0690. The lowest BCUT2D eigenvalue weighted by Gasteiger charge is -2.10. The van der Waals surface area contributed by atoms with Gasteiger partial charge in [-0.05, 0) is 24.3 Å². The Morgan fingerprint density at radius 3 is 2.70 bits per heavy atom. The Labute approximate surface area is 116 Å². The fourth-order valence-corrected chi connectivity index (χ4v) is 1.79. The highest BCUT2D eigenvalue weighted by molar-refractivity contribution is 5.85. The SMILES string of the molecule is COc1ccc(OC)c(Cc2nccc(C(=O)O)n2)c1. The van der Waals surface area contributed by atoms with Gasteiger partial charge < -0.3 is 14.6 Å². The number of carboxylic acids is 1. The molecule has 1 heterocycles. The quantitative estimate of drug-likeness (QED) is 0.895. The highest BCUT2D eigenvalue weighted by atomic mass is 16.5. The van der Waals surface area contributed by atoms with Gasteiger partial charge in [-0.1, -0.05) is 0 Å². The molecule has 0 radical (unpaired) electrons. The summed E-state index contributed by atoms with van der Waals surface area (Å²) in [5, 5.41) is 8.92. The van der Waals surface area contributed by atoms with Crippen LogP contribution in [-0.2, 0) is 6.42 Å². The first-order chi connectivity index (χ1) is 9.63. The zero-order valence-electron chi connectivity index (χ0n) is 11.2. The van der Waals surface area contributed by atoms with Crippen LogP contribution in [0.25, 0.3) is 0 Å². The molecule has 0 aliphatic carbocycles. The van der Waals surface area contributed by atoms with Gasteiger partial charge in [-0.2, -0.15) is 0 Å². The minimum Gasteiger partial charge on any atom is -0.497 e. The number of hydrogen-bond donors (Lipinski definition) is 1. The molecule has 0 spiro atoms. The number of hydrogen-bond acceptors (Lipinski definition) is 5. The average Bonchev–Trinajstić information content (AvgIpc) is 2.47.